The SMILES string of the molecule is Cc1cc(OCC(=O)N2CCN(c3ccc([N+](=O)[O-])c(N4CCOCC4)c3)CC2)cc(C)c1Cl. The first-order chi connectivity index (χ1) is 16.3. The van der Waals surface area contributed by atoms with Crippen LogP contribution in [-0.2, 0) is 9.53 Å². The highest BCUT2D eigenvalue weighted by Gasteiger charge is 2.26. The Morgan fingerprint density at radius 3 is 2.29 bits per heavy atom. The van der Waals surface area contributed by atoms with Crippen LogP contribution in [0.25, 0.3) is 0 Å². The Hall–Kier alpha value is -3.04. The number of aryl methyl sites for hydroxylation is 2. The zero-order valence-corrected chi connectivity index (χ0v) is 20.2. The molecule has 0 saturated carbocycles. The Labute approximate surface area is 203 Å². The number of piperazine rings is 1. The third-order valence-electron chi connectivity index (χ3n) is 6.28. The number of nitro benzene ring substituents is 1. The zero-order valence-electron chi connectivity index (χ0n) is 19.5. The fraction of sp³-hybridized carbons (Fsp3) is 0.458. The molecule has 2 aromatic carbocycles. The molecule has 0 unspecified atom stereocenters. The van der Waals surface area contributed by atoms with Gasteiger partial charge in [0.05, 0.1) is 18.1 Å². The number of hydrogen-bond donors (Lipinski definition) is 0. The molecule has 34 heavy (non-hydrogen) atoms. The summed E-state index contributed by atoms with van der Waals surface area (Å²) in [5, 5.41) is 12.3. The number of nitro groups is 1. The predicted octanol–water partition coefficient (Wildman–Crippen LogP) is 3.43. The van der Waals surface area contributed by atoms with Gasteiger partial charge >= 0.3 is 0 Å². The van der Waals surface area contributed by atoms with Gasteiger partial charge in [0.1, 0.15) is 11.4 Å². The highest BCUT2D eigenvalue weighted by Crippen LogP contribution is 2.33. The van der Waals surface area contributed by atoms with Crippen LogP contribution in [-0.4, -0.2) is 74.8 Å². The van der Waals surface area contributed by atoms with Gasteiger partial charge in [-0.25, -0.2) is 0 Å². The fourth-order valence-corrected chi connectivity index (χ4v) is 4.47. The van der Waals surface area contributed by atoms with Gasteiger partial charge in [0.25, 0.3) is 11.6 Å². The van der Waals surface area contributed by atoms with Crippen molar-refractivity contribution in [2.24, 2.45) is 0 Å². The van der Waals surface area contributed by atoms with Crippen molar-refractivity contribution in [2.75, 3.05) is 68.9 Å². The van der Waals surface area contributed by atoms with E-state index < -0.39 is 0 Å². The fourth-order valence-electron chi connectivity index (χ4n) is 4.36. The summed E-state index contributed by atoms with van der Waals surface area (Å²) in [5.41, 5.74) is 3.47. The maximum absolute atomic E-state index is 12.7. The maximum atomic E-state index is 12.7. The molecule has 4 rings (SSSR count). The van der Waals surface area contributed by atoms with E-state index in [2.05, 4.69) is 4.90 Å². The van der Waals surface area contributed by atoms with Crippen molar-refractivity contribution in [3.63, 3.8) is 0 Å². The number of nitrogens with zero attached hydrogens (tertiary/aromatic N) is 4. The molecule has 182 valence electrons. The van der Waals surface area contributed by atoms with Crippen molar-refractivity contribution >= 4 is 34.6 Å². The molecule has 0 spiro atoms. The lowest BCUT2D eigenvalue weighted by atomic mass is 10.1. The minimum absolute atomic E-state index is 0.0285. The van der Waals surface area contributed by atoms with Crippen molar-refractivity contribution in [2.45, 2.75) is 13.8 Å². The second kappa shape index (κ2) is 10.5. The molecule has 0 bridgehead atoms. The predicted molar refractivity (Wildman–Crippen MR) is 131 cm³/mol. The average Bonchev–Trinajstić information content (AvgIpc) is 2.86. The number of ether oxygens (including phenoxy) is 2. The minimum Gasteiger partial charge on any atom is -0.484 e. The third-order valence-corrected chi connectivity index (χ3v) is 6.87. The van der Waals surface area contributed by atoms with Gasteiger partial charge in [-0.05, 0) is 49.2 Å². The van der Waals surface area contributed by atoms with E-state index in [9.17, 15) is 14.9 Å². The van der Waals surface area contributed by atoms with Gasteiger partial charge in [-0.1, -0.05) is 11.6 Å². The second-order valence-electron chi connectivity index (χ2n) is 8.56. The number of carbonyl (C=O) groups excluding carboxylic acids is 1. The summed E-state index contributed by atoms with van der Waals surface area (Å²) in [4.78, 5) is 29.9. The molecule has 9 nitrogen and oxygen atoms in total. The quantitative estimate of drug-likeness (QED) is 0.454. The van der Waals surface area contributed by atoms with E-state index in [0.717, 1.165) is 16.8 Å². The number of anilines is 2. The van der Waals surface area contributed by atoms with E-state index in [1.807, 2.05) is 36.9 Å². The van der Waals surface area contributed by atoms with Crippen LogP contribution >= 0.6 is 11.6 Å². The number of halogens is 1. The van der Waals surface area contributed by atoms with Gasteiger partial charge in [0, 0.05) is 56.0 Å². The molecular weight excluding hydrogens is 460 g/mol. The van der Waals surface area contributed by atoms with E-state index >= 15 is 0 Å². The summed E-state index contributed by atoms with van der Waals surface area (Å²) in [6, 6.07) is 8.91. The molecule has 0 aromatic heterocycles. The molecule has 0 N–H and O–H groups in total. The highest BCUT2D eigenvalue weighted by atomic mass is 35.5. The van der Waals surface area contributed by atoms with Crippen LogP contribution in [0, 0.1) is 24.0 Å². The molecule has 0 atom stereocenters. The van der Waals surface area contributed by atoms with Crippen LogP contribution in [0.5, 0.6) is 5.75 Å². The summed E-state index contributed by atoms with van der Waals surface area (Å²) in [5.74, 6) is 0.565. The van der Waals surface area contributed by atoms with Crippen LogP contribution < -0.4 is 14.5 Å². The monoisotopic (exact) mass is 488 g/mol. The van der Waals surface area contributed by atoms with Crippen LogP contribution in [0.3, 0.4) is 0 Å². The molecule has 1 amide bonds. The highest BCUT2D eigenvalue weighted by molar-refractivity contribution is 6.32. The first-order valence-electron chi connectivity index (χ1n) is 11.4. The topological polar surface area (TPSA) is 88.4 Å². The molecule has 0 radical (unpaired) electrons. The lowest BCUT2D eigenvalue weighted by Gasteiger charge is -2.36. The number of rotatable bonds is 6. The molecule has 10 heteroatoms. The van der Waals surface area contributed by atoms with Crippen molar-refractivity contribution in [1.82, 2.24) is 4.90 Å². The van der Waals surface area contributed by atoms with Gasteiger partial charge < -0.3 is 24.2 Å². The van der Waals surface area contributed by atoms with E-state index in [1.54, 1.807) is 17.0 Å². The molecule has 2 heterocycles. The largest absolute Gasteiger partial charge is 0.484 e. The van der Waals surface area contributed by atoms with Crippen molar-refractivity contribution in [3.05, 3.63) is 56.6 Å². The minimum atomic E-state index is -0.338. The first-order valence-corrected chi connectivity index (χ1v) is 11.7. The maximum Gasteiger partial charge on any atom is 0.292 e. The molecule has 2 fully saturated rings. The normalized spacial score (nSPS) is 16.5. The number of benzene rings is 2. The summed E-state index contributed by atoms with van der Waals surface area (Å²) >= 11 is 6.20. The smallest absolute Gasteiger partial charge is 0.292 e. The zero-order chi connectivity index (χ0) is 24.2. The van der Waals surface area contributed by atoms with Gasteiger partial charge in [-0.15, -0.1) is 0 Å². The summed E-state index contributed by atoms with van der Waals surface area (Å²) in [6.45, 7) is 8.56. The second-order valence-corrected chi connectivity index (χ2v) is 8.94. The van der Waals surface area contributed by atoms with Gasteiger partial charge in [0.2, 0.25) is 0 Å². The Bertz CT molecular complexity index is 1040. The van der Waals surface area contributed by atoms with Crippen molar-refractivity contribution in [1.29, 1.82) is 0 Å². The number of carbonyl (C=O) groups is 1. The van der Waals surface area contributed by atoms with Gasteiger partial charge in [-0.2, -0.15) is 0 Å². The lowest BCUT2D eigenvalue weighted by Crippen LogP contribution is -2.50. The Morgan fingerprint density at radius 1 is 1.03 bits per heavy atom. The molecule has 2 aromatic rings. The summed E-state index contributed by atoms with van der Waals surface area (Å²) < 4.78 is 11.1. The lowest BCUT2D eigenvalue weighted by molar-refractivity contribution is -0.384. The van der Waals surface area contributed by atoms with Crippen LogP contribution in [0.15, 0.2) is 30.3 Å². The molecule has 2 aliphatic heterocycles. The first kappa shape index (κ1) is 24.1. The number of hydrogen-bond acceptors (Lipinski definition) is 7. The Kier molecular flexibility index (Phi) is 7.43. The van der Waals surface area contributed by atoms with Crippen molar-refractivity contribution in [3.8, 4) is 5.75 Å². The van der Waals surface area contributed by atoms with Crippen LogP contribution in [0.4, 0.5) is 17.1 Å². The number of amides is 1. The summed E-state index contributed by atoms with van der Waals surface area (Å²) in [6.07, 6.45) is 0. The van der Waals surface area contributed by atoms with Gasteiger partial charge in [0.15, 0.2) is 6.61 Å². The Morgan fingerprint density at radius 2 is 1.68 bits per heavy atom. The third kappa shape index (κ3) is 5.37. The molecular formula is C24H29ClN4O5. The molecule has 0 aliphatic carbocycles. The van der Waals surface area contributed by atoms with Gasteiger partial charge in [-0.3, -0.25) is 14.9 Å². The number of morpholine rings is 1. The van der Waals surface area contributed by atoms with E-state index in [1.165, 1.54) is 0 Å². The standard InChI is InChI=1S/C24H29ClN4O5/c1-17-13-20(14-18(2)24(17)25)34-16-23(30)28-7-5-26(6-8-28)19-3-4-21(29(31)32)22(15-19)27-9-11-33-12-10-27/h3-4,13-15H,5-12,16H2,1-2H3. The Balaban J connectivity index is 1.36. The van der Waals surface area contributed by atoms with E-state index in [-0.39, 0.29) is 23.1 Å². The van der Waals surface area contributed by atoms with Crippen LogP contribution in [0.1, 0.15) is 11.1 Å². The summed E-state index contributed by atoms with van der Waals surface area (Å²) in [7, 11) is 0. The van der Waals surface area contributed by atoms with E-state index in [0.29, 0.717) is 68.9 Å². The van der Waals surface area contributed by atoms with E-state index in [4.69, 9.17) is 21.1 Å². The van der Waals surface area contributed by atoms with Crippen LogP contribution in [0.2, 0.25) is 5.02 Å². The molecule has 2 saturated heterocycles. The molecule has 2 aliphatic rings. The average molecular weight is 489 g/mol. The van der Waals surface area contributed by atoms with Crippen molar-refractivity contribution < 1.29 is 19.2 Å².